The van der Waals surface area contributed by atoms with Gasteiger partial charge in [-0.2, -0.15) is 0 Å². The van der Waals surface area contributed by atoms with E-state index < -0.39 is 54.5 Å². The van der Waals surface area contributed by atoms with E-state index in [0.29, 0.717) is 19.4 Å². The normalized spacial score (nSPS) is 20.5. The number of carbonyl (C=O) groups is 4. The maximum atomic E-state index is 12.3. The van der Waals surface area contributed by atoms with Crippen LogP contribution in [0, 0.1) is 0 Å². The van der Waals surface area contributed by atoms with Crippen LogP contribution in [0.4, 0.5) is 0 Å². The number of nitrogens with two attached hydrogens (primary N) is 1. The van der Waals surface area contributed by atoms with Crippen LogP contribution >= 0.6 is 0 Å². The van der Waals surface area contributed by atoms with Crippen molar-refractivity contribution in [3.05, 3.63) is 0 Å². The Morgan fingerprint density at radius 1 is 1.28 bits per heavy atom. The molecule has 4 unspecified atom stereocenters. The second kappa shape index (κ2) is 9.30. The van der Waals surface area contributed by atoms with E-state index in [1.54, 1.807) is 0 Å². The van der Waals surface area contributed by atoms with Crippen molar-refractivity contribution >= 4 is 23.7 Å². The van der Waals surface area contributed by atoms with Gasteiger partial charge < -0.3 is 36.6 Å². The lowest BCUT2D eigenvalue weighted by molar-refractivity contribution is -0.145. The third-order valence-electron chi connectivity index (χ3n) is 3.91. The number of aliphatic hydroxyl groups excluding tert-OH is 2. The summed E-state index contributed by atoms with van der Waals surface area (Å²) in [5, 5.41) is 32.0. The van der Waals surface area contributed by atoms with Gasteiger partial charge >= 0.3 is 5.97 Å². The number of nitrogens with one attached hydrogen (secondary N) is 2. The van der Waals surface area contributed by atoms with Crippen LogP contribution in [-0.2, 0) is 19.2 Å². The van der Waals surface area contributed by atoms with Crippen LogP contribution < -0.4 is 16.4 Å². The van der Waals surface area contributed by atoms with Crippen molar-refractivity contribution in [2.24, 2.45) is 5.73 Å². The van der Waals surface area contributed by atoms with Crippen molar-refractivity contribution in [2.45, 2.75) is 44.0 Å². The first-order valence-corrected chi connectivity index (χ1v) is 7.84. The molecule has 1 saturated heterocycles. The number of likely N-dealkylation sites (tertiary alicyclic amines) is 1. The molecule has 142 valence electrons. The summed E-state index contributed by atoms with van der Waals surface area (Å²) < 4.78 is 0. The average Bonchev–Trinajstić information content (AvgIpc) is 3.05. The Bertz CT molecular complexity index is 525. The highest BCUT2D eigenvalue weighted by molar-refractivity contribution is 5.94. The molecule has 7 N–H and O–H groups in total. The smallest absolute Gasteiger partial charge is 0.328 e. The summed E-state index contributed by atoms with van der Waals surface area (Å²) >= 11 is 0. The Morgan fingerprint density at radius 3 is 2.40 bits per heavy atom. The van der Waals surface area contributed by atoms with Crippen molar-refractivity contribution in [2.75, 3.05) is 19.7 Å². The zero-order chi connectivity index (χ0) is 19.1. The molecule has 0 aromatic heterocycles. The summed E-state index contributed by atoms with van der Waals surface area (Å²) in [5.74, 6) is -3.46. The highest BCUT2D eigenvalue weighted by Crippen LogP contribution is 2.17. The molecule has 0 aromatic rings. The third kappa shape index (κ3) is 5.37. The van der Waals surface area contributed by atoms with Gasteiger partial charge in [0.2, 0.25) is 17.7 Å². The molecular formula is C14H24N4O7. The van der Waals surface area contributed by atoms with Gasteiger partial charge in [0.15, 0.2) is 6.04 Å². The maximum Gasteiger partial charge on any atom is 0.328 e. The Labute approximate surface area is 144 Å². The van der Waals surface area contributed by atoms with Crippen LogP contribution in [0.25, 0.3) is 0 Å². The zero-order valence-corrected chi connectivity index (χ0v) is 13.8. The summed E-state index contributed by atoms with van der Waals surface area (Å²) in [6.45, 7) is 0.525. The molecule has 1 rings (SSSR count). The SMILES string of the molecule is CC(O)C(NC(=O)C(CO)NC(=O)C1CCCN1C(=O)CN)C(=O)O. The van der Waals surface area contributed by atoms with Crippen LogP contribution in [0.1, 0.15) is 19.8 Å². The zero-order valence-electron chi connectivity index (χ0n) is 13.8. The number of hydrogen-bond donors (Lipinski definition) is 6. The van der Waals surface area contributed by atoms with E-state index in [-0.39, 0.29) is 6.54 Å². The summed E-state index contributed by atoms with van der Waals surface area (Å²) in [6.07, 6.45) is -0.380. The number of carbonyl (C=O) groups excluding carboxylic acids is 3. The highest BCUT2D eigenvalue weighted by atomic mass is 16.4. The van der Waals surface area contributed by atoms with Crippen LogP contribution in [-0.4, -0.2) is 87.8 Å². The van der Waals surface area contributed by atoms with Gasteiger partial charge in [-0.15, -0.1) is 0 Å². The van der Waals surface area contributed by atoms with Gasteiger partial charge in [-0.25, -0.2) is 4.79 Å². The lowest BCUT2D eigenvalue weighted by Crippen LogP contribution is -2.58. The van der Waals surface area contributed by atoms with Crippen LogP contribution in [0.2, 0.25) is 0 Å². The first kappa shape index (κ1) is 20.8. The summed E-state index contributed by atoms with van der Waals surface area (Å²) in [7, 11) is 0. The van der Waals surface area contributed by atoms with E-state index in [2.05, 4.69) is 5.32 Å². The minimum Gasteiger partial charge on any atom is -0.480 e. The quantitative estimate of drug-likeness (QED) is 0.256. The molecule has 0 bridgehead atoms. The minimum atomic E-state index is -1.58. The minimum absolute atomic E-state index is 0.248. The fourth-order valence-electron chi connectivity index (χ4n) is 2.56. The Balaban J connectivity index is 2.74. The van der Waals surface area contributed by atoms with Crippen LogP contribution in [0.15, 0.2) is 0 Å². The summed E-state index contributed by atoms with van der Waals surface area (Å²) in [6, 6.07) is -3.80. The largest absolute Gasteiger partial charge is 0.480 e. The van der Waals surface area contributed by atoms with Crippen molar-refractivity contribution in [3.63, 3.8) is 0 Å². The topological polar surface area (TPSA) is 182 Å². The molecule has 1 aliphatic heterocycles. The second-order valence-electron chi connectivity index (χ2n) is 5.76. The molecule has 0 spiro atoms. The van der Waals surface area contributed by atoms with Crippen LogP contribution in [0.5, 0.6) is 0 Å². The van der Waals surface area contributed by atoms with Gasteiger partial charge in [-0.1, -0.05) is 0 Å². The van der Waals surface area contributed by atoms with E-state index in [4.69, 9.17) is 10.8 Å². The van der Waals surface area contributed by atoms with Crippen molar-refractivity contribution in [1.29, 1.82) is 0 Å². The summed E-state index contributed by atoms with van der Waals surface area (Å²) in [4.78, 5) is 48.4. The number of hydrogen-bond acceptors (Lipinski definition) is 7. The van der Waals surface area contributed by atoms with Gasteiger partial charge in [-0.3, -0.25) is 14.4 Å². The lowest BCUT2D eigenvalue weighted by Gasteiger charge is -2.26. The molecule has 1 aliphatic rings. The van der Waals surface area contributed by atoms with E-state index in [1.165, 1.54) is 11.8 Å². The Kier molecular flexibility index (Phi) is 7.74. The second-order valence-corrected chi connectivity index (χ2v) is 5.76. The fraction of sp³-hybridized carbons (Fsp3) is 0.714. The van der Waals surface area contributed by atoms with E-state index in [9.17, 15) is 29.4 Å². The molecule has 0 aliphatic carbocycles. The number of rotatable bonds is 8. The standard InChI is InChI=1S/C14H24N4O7/c1-7(20)11(14(24)25)17-12(22)8(6-19)16-13(23)9-3-2-4-18(9)10(21)5-15/h7-9,11,19-20H,2-6,15H2,1H3,(H,16,23)(H,17,22)(H,24,25). The van der Waals surface area contributed by atoms with Gasteiger partial charge in [0.25, 0.3) is 0 Å². The number of carboxylic acids is 1. The monoisotopic (exact) mass is 360 g/mol. The Hall–Kier alpha value is -2.24. The van der Waals surface area contributed by atoms with E-state index in [1.807, 2.05) is 5.32 Å². The molecular weight excluding hydrogens is 336 g/mol. The van der Waals surface area contributed by atoms with Gasteiger partial charge in [0.05, 0.1) is 19.3 Å². The number of carboxylic acid groups (broad SMARTS) is 1. The molecule has 0 aromatic carbocycles. The molecule has 3 amide bonds. The molecule has 25 heavy (non-hydrogen) atoms. The fourth-order valence-corrected chi connectivity index (χ4v) is 2.56. The highest BCUT2D eigenvalue weighted by Gasteiger charge is 2.36. The molecule has 0 radical (unpaired) electrons. The predicted molar refractivity (Wildman–Crippen MR) is 84.1 cm³/mol. The number of nitrogens with zero attached hydrogens (tertiary/aromatic N) is 1. The van der Waals surface area contributed by atoms with Crippen molar-refractivity contribution < 1.29 is 34.5 Å². The van der Waals surface area contributed by atoms with E-state index in [0.717, 1.165) is 0 Å². The van der Waals surface area contributed by atoms with Crippen molar-refractivity contribution in [1.82, 2.24) is 15.5 Å². The van der Waals surface area contributed by atoms with Gasteiger partial charge in [0.1, 0.15) is 12.1 Å². The molecule has 11 nitrogen and oxygen atoms in total. The molecule has 4 atom stereocenters. The molecule has 1 fully saturated rings. The molecule has 0 saturated carbocycles. The molecule has 11 heteroatoms. The first-order valence-electron chi connectivity index (χ1n) is 7.84. The molecule has 1 heterocycles. The Morgan fingerprint density at radius 2 is 1.92 bits per heavy atom. The predicted octanol–water partition coefficient (Wildman–Crippen LogP) is -3.64. The van der Waals surface area contributed by atoms with Crippen molar-refractivity contribution in [3.8, 4) is 0 Å². The maximum absolute atomic E-state index is 12.3. The third-order valence-corrected chi connectivity index (χ3v) is 3.91. The average molecular weight is 360 g/mol. The number of aliphatic carboxylic acids is 1. The van der Waals surface area contributed by atoms with Gasteiger partial charge in [-0.05, 0) is 19.8 Å². The van der Waals surface area contributed by atoms with E-state index >= 15 is 0 Å². The van der Waals surface area contributed by atoms with Crippen LogP contribution in [0.3, 0.4) is 0 Å². The number of aliphatic hydroxyl groups is 2. The first-order chi connectivity index (χ1) is 11.7. The number of amides is 3. The summed E-state index contributed by atoms with van der Waals surface area (Å²) in [5.41, 5.74) is 5.30. The van der Waals surface area contributed by atoms with Gasteiger partial charge in [0, 0.05) is 6.54 Å². The lowest BCUT2D eigenvalue weighted by atomic mass is 10.1.